The zero-order valence-corrected chi connectivity index (χ0v) is 16.8. The van der Waals surface area contributed by atoms with Gasteiger partial charge >= 0.3 is 0 Å². The molecule has 0 bridgehead atoms. The molecule has 4 aromatic rings. The maximum Gasteiger partial charge on any atom is 0.273 e. The number of fused-ring (bicyclic) bond motifs is 1. The summed E-state index contributed by atoms with van der Waals surface area (Å²) in [4.78, 5) is 33.7. The summed E-state index contributed by atoms with van der Waals surface area (Å²) < 4.78 is 0. The second-order valence-corrected chi connectivity index (χ2v) is 7.87. The summed E-state index contributed by atoms with van der Waals surface area (Å²) in [6.07, 6.45) is 5.17. The van der Waals surface area contributed by atoms with Crippen molar-refractivity contribution in [2.24, 2.45) is 5.73 Å². The summed E-state index contributed by atoms with van der Waals surface area (Å²) in [5.41, 5.74) is 10.1. The normalized spacial score (nSPS) is 16.7. The van der Waals surface area contributed by atoms with Crippen LogP contribution in [0.5, 0.6) is 0 Å². The van der Waals surface area contributed by atoms with Gasteiger partial charge in [0.25, 0.3) is 5.56 Å². The number of nitrogens with two attached hydrogens (primary N) is 1. The molecule has 1 amide bonds. The van der Waals surface area contributed by atoms with Crippen LogP contribution in [0.15, 0.2) is 59.7 Å². The van der Waals surface area contributed by atoms with Crippen molar-refractivity contribution >= 4 is 16.8 Å². The molecule has 0 aliphatic carbocycles. The molecule has 3 aromatic heterocycles. The van der Waals surface area contributed by atoms with E-state index in [0.29, 0.717) is 17.8 Å². The number of nitrogens with one attached hydrogen (secondary N) is 2. The van der Waals surface area contributed by atoms with Gasteiger partial charge in [0.05, 0.1) is 23.0 Å². The van der Waals surface area contributed by atoms with Gasteiger partial charge in [-0.15, -0.1) is 0 Å². The summed E-state index contributed by atoms with van der Waals surface area (Å²) >= 11 is 0. The van der Waals surface area contributed by atoms with Crippen LogP contribution in [0.3, 0.4) is 0 Å². The number of nitrogens with zero attached hydrogens (tertiary/aromatic N) is 3. The van der Waals surface area contributed by atoms with Crippen molar-refractivity contribution < 1.29 is 4.79 Å². The Labute approximate surface area is 178 Å². The third-order valence-corrected chi connectivity index (χ3v) is 5.83. The Morgan fingerprint density at radius 1 is 1.16 bits per heavy atom. The summed E-state index contributed by atoms with van der Waals surface area (Å²) in [6.45, 7) is 1.53. The highest BCUT2D eigenvalue weighted by Crippen LogP contribution is 2.26. The molecular weight excluding hydrogens is 392 g/mol. The highest BCUT2D eigenvalue weighted by atomic mass is 16.1. The number of hydrogen-bond donors (Lipinski definition) is 3. The van der Waals surface area contributed by atoms with Crippen molar-refractivity contribution in [2.45, 2.75) is 25.4 Å². The first kappa shape index (κ1) is 19.2. The topological polar surface area (TPSA) is 121 Å². The van der Waals surface area contributed by atoms with Crippen LogP contribution in [-0.4, -0.2) is 43.6 Å². The molecule has 8 nitrogen and oxygen atoms in total. The molecule has 4 N–H and O–H groups in total. The smallest absolute Gasteiger partial charge is 0.273 e. The molecule has 1 atom stereocenters. The van der Waals surface area contributed by atoms with E-state index in [9.17, 15) is 9.59 Å². The predicted octanol–water partition coefficient (Wildman–Crippen LogP) is 2.43. The molecule has 156 valence electrons. The average Bonchev–Trinajstić information content (AvgIpc) is 3.41. The Morgan fingerprint density at radius 2 is 2.00 bits per heavy atom. The van der Waals surface area contributed by atoms with Crippen LogP contribution in [0.1, 0.15) is 18.4 Å². The summed E-state index contributed by atoms with van der Waals surface area (Å²) in [7, 11) is 0. The van der Waals surface area contributed by atoms with Gasteiger partial charge in [-0.05, 0) is 55.3 Å². The van der Waals surface area contributed by atoms with Gasteiger partial charge in [0, 0.05) is 35.4 Å². The van der Waals surface area contributed by atoms with Gasteiger partial charge < -0.3 is 10.7 Å². The largest absolute Gasteiger partial charge is 0.368 e. The zero-order chi connectivity index (χ0) is 21.4. The fourth-order valence-corrected chi connectivity index (χ4v) is 4.27. The number of primary amides is 1. The Balaban J connectivity index is 1.47. The zero-order valence-electron chi connectivity index (χ0n) is 16.8. The van der Waals surface area contributed by atoms with E-state index in [2.05, 4.69) is 37.2 Å². The van der Waals surface area contributed by atoms with Crippen LogP contribution in [0, 0.1) is 0 Å². The highest BCUT2D eigenvalue weighted by Gasteiger charge is 2.28. The number of carbonyl (C=O) groups excluding carboxylic acids is 1. The molecule has 1 fully saturated rings. The molecule has 0 radical (unpaired) electrons. The van der Waals surface area contributed by atoms with Gasteiger partial charge in [0.2, 0.25) is 5.91 Å². The molecular formula is C23H22N6O2. The Bertz CT molecular complexity index is 1310. The lowest BCUT2D eigenvalue weighted by Crippen LogP contribution is -2.39. The molecule has 0 spiro atoms. The number of aromatic nitrogens is 4. The van der Waals surface area contributed by atoms with Crippen LogP contribution >= 0.6 is 0 Å². The molecule has 4 heterocycles. The SMILES string of the molecule is NC(=O)[C@@H]1CCCN1Cc1ccc2cc(-c3cc(-c4ccncc4)n[nH]c3=O)[nH]c2c1. The van der Waals surface area contributed by atoms with Gasteiger partial charge in [-0.25, -0.2) is 5.10 Å². The van der Waals surface area contributed by atoms with Crippen LogP contribution in [-0.2, 0) is 11.3 Å². The number of hydrogen-bond acceptors (Lipinski definition) is 5. The second-order valence-electron chi connectivity index (χ2n) is 7.87. The Kier molecular flexibility index (Phi) is 4.83. The van der Waals surface area contributed by atoms with E-state index >= 15 is 0 Å². The minimum absolute atomic E-state index is 0.197. The third kappa shape index (κ3) is 3.73. The van der Waals surface area contributed by atoms with E-state index in [0.717, 1.165) is 47.1 Å². The number of benzene rings is 1. The average molecular weight is 414 g/mol. The van der Waals surface area contributed by atoms with Crippen LogP contribution in [0.2, 0.25) is 0 Å². The van der Waals surface area contributed by atoms with E-state index in [1.807, 2.05) is 24.3 Å². The number of H-pyrrole nitrogens is 2. The second kappa shape index (κ2) is 7.81. The summed E-state index contributed by atoms with van der Waals surface area (Å²) in [6, 6.07) is 13.4. The number of rotatable bonds is 5. The fraction of sp³-hybridized carbons (Fsp3) is 0.217. The molecule has 8 heteroatoms. The quantitative estimate of drug-likeness (QED) is 0.463. The Hall–Kier alpha value is -3.78. The number of pyridine rings is 1. The molecule has 1 saturated heterocycles. The van der Waals surface area contributed by atoms with Gasteiger partial charge in [-0.2, -0.15) is 5.10 Å². The predicted molar refractivity (Wildman–Crippen MR) is 118 cm³/mol. The lowest BCUT2D eigenvalue weighted by Gasteiger charge is -2.21. The van der Waals surface area contributed by atoms with Crippen molar-refractivity contribution in [3.05, 3.63) is 70.8 Å². The molecule has 31 heavy (non-hydrogen) atoms. The number of aromatic amines is 2. The summed E-state index contributed by atoms with van der Waals surface area (Å²) in [5, 5.41) is 7.76. The highest BCUT2D eigenvalue weighted by molar-refractivity contribution is 5.86. The van der Waals surface area contributed by atoms with Gasteiger partial charge in [0.1, 0.15) is 0 Å². The third-order valence-electron chi connectivity index (χ3n) is 5.83. The van der Waals surface area contributed by atoms with Crippen LogP contribution < -0.4 is 11.3 Å². The summed E-state index contributed by atoms with van der Waals surface area (Å²) in [5.74, 6) is -0.261. The van der Waals surface area contributed by atoms with Crippen molar-refractivity contribution in [3.8, 4) is 22.5 Å². The number of amides is 1. The molecule has 0 saturated carbocycles. The number of carbonyl (C=O) groups is 1. The lowest BCUT2D eigenvalue weighted by atomic mass is 10.1. The van der Waals surface area contributed by atoms with Crippen molar-refractivity contribution in [1.29, 1.82) is 0 Å². The van der Waals surface area contributed by atoms with E-state index in [4.69, 9.17) is 5.73 Å². The first-order valence-corrected chi connectivity index (χ1v) is 10.2. The monoisotopic (exact) mass is 414 g/mol. The van der Waals surface area contributed by atoms with Gasteiger partial charge in [-0.3, -0.25) is 19.5 Å². The maximum atomic E-state index is 12.5. The van der Waals surface area contributed by atoms with Crippen molar-refractivity contribution in [1.82, 2.24) is 25.1 Å². The molecule has 0 unspecified atom stereocenters. The van der Waals surface area contributed by atoms with E-state index in [1.165, 1.54) is 0 Å². The molecule has 1 aliphatic heterocycles. The minimum Gasteiger partial charge on any atom is -0.368 e. The van der Waals surface area contributed by atoms with Gasteiger partial charge in [0.15, 0.2) is 0 Å². The first-order valence-electron chi connectivity index (χ1n) is 10.2. The minimum atomic E-state index is -0.261. The van der Waals surface area contributed by atoms with Crippen LogP contribution in [0.4, 0.5) is 0 Å². The maximum absolute atomic E-state index is 12.5. The van der Waals surface area contributed by atoms with E-state index in [-0.39, 0.29) is 17.5 Å². The number of likely N-dealkylation sites (tertiary alicyclic amines) is 1. The van der Waals surface area contributed by atoms with Crippen molar-refractivity contribution in [3.63, 3.8) is 0 Å². The fourth-order valence-electron chi connectivity index (χ4n) is 4.27. The molecule has 1 aromatic carbocycles. The lowest BCUT2D eigenvalue weighted by molar-refractivity contribution is -0.122. The first-order chi connectivity index (χ1) is 15.1. The Morgan fingerprint density at radius 3 is 2.81 bits per heavy atom. The van der Waals surface area contributed by atoms with Gasteiger partial charge in [-0.1, -0.05) is 12.1 Å². The van der Waals surface area contributed by atoms with E-state index in [1.54, 1.807) is 18.5 Å². The van der Waals surface area contributed by atoms with Crippen molar-refractivity contribution in [2.75, 3.05) is 6.54 Å². The van der Waals surface area contributed by atoms with Crippen LogP contribution in [0.25, 0.3) is 33.4 Å². The van der Waals surface area contributed by atoms with E-state index < -0.39 is 0 Å². The standard InChI is InChI=1S/C23H22N6O2/c24-22(30)21-2-1-9-29(21)13-14-3-4-16-11-20(26-18(16)10-14)17-12-19(27-28-23(17)31)15-5-7-25-8-6-15/h3-8,10-12,21,26H,1-2,9,13H2,(H2,24,30)(H,28,31)/t21-/m0/s1. The molecule has 5 rings (SSSR count). The molecule has 1 aliphatic rings.